The number of methoxy groups -OCH3 is 1. The zero-order chi connectivity index (χ0) is 21.8. The number of hydrogen-bond donors (Lipinski definition) is 2. The number of phenols is 1. The number of phenolic OH excluding ortho intramolecular Hbond substituents is 1. The SMILES string of the molecule is COc1ccc(C(O)=C2C(=O)C(=O)N(CCCN(C)C)[C@H]2c2cccc(O)c2)cc1. The van der Waals surface area contributed by atoms with Crippen molar-refractivity contribution >= 4 is 17.4 Å². The van der Waals surface area contributed by atoms with Crippen molar-refractivity contribution in [3.05, 3.63) is 65.2 Å². The van der Waals surface area contributed by atoms with Gasteiger partial charge in [-0.2, -0.15) is 0 Å². The molecular formula is C23H26N2O5. The van der Waals surface area contributed by atoms with Gasteiger partial charge in [-0.3, -0.25) is 9.59 Å². The van der Waals surface area contributed by atoms with Gasteiger partial charge in [0.25, 0.3) is 11.7 Å². The maximum Gasteiger partial charge on any atom is 0.295 e. The highest BCUT2D eigenvalue weighted by atomic mass is 16.5. The molecule has 0 radical (unpaired) electrons. The number of amides is 1. The molecule has 1 saturated heterocycles. The van der Waals surface area contributed by atoms with E-state index in [0.717, 1.165) is 6.54 Å². The summed E-state index contributed by atoms with van der Waals surface area (Å²) >= 11 is 0. The first-order valence-corrected chi connectivity index (χ1v) is 9.70. The molecule has 7 nitrogen and oxygen atoms in total. The van der Waals surface area contributed by atoms with Crippen LogP contribution in [0.25, 0.3) is 5.76 Å². The summed E-state index contributed by atoms with van der Waals surface area (Å²) in [6, 6.07) is 12.2. The summed E-state index contributed by atoms with van der Waals surface area (Å²) in [6.45, 7) is 1.09. The molecular weight excluding hydrogens is 384 g/mol. The van der Waals surface area contributed by atoms with Crippen molar-refractivity contribution in [2.24, 2.45) is 0 Å². The molecule has 0 bridgehead atoms. The molecule has 0 saturated carbocycles. The quantitative estimate of drug-likeness (QED) is 0.414. The Morgan fingerprint density at radius 1 is 1.13 bits per heavy atom. The molecule has 158 valence electrons. The van der Waals surface area contributed by atoms with E-state index in [0.29, 0.717) is 29.8 Å². The van der Waals surface area contributed by atoms with Crippen molar-refractivity contribution < 1.29 is 24.5 Å². The lowest BCUT2D eigenvalue weighted by molar-refractivity contribution is -0.139. The molecule has 1 atom stereocenters. The number of benzene rings is 2. The third-order valence-corrected chi connectivity index (χ3v) is 5.09. The van der Waals surface area contributed by atoms with E-state index in [-0.39, 0.29) is 17.1 Å². The van der Waals surface area contributed by atoms with Gasteiger partial charge >= 0.3 is 0 Å². The fraction of sp³-hybridized carbons (Fsp3) is 0.304. The molecule has 1 aliphatic rings. The predicted molar refractivity (Wildman–Crippen MR) is 113 cm³/mol. The third kappa shape index (κ3) is 4.31. The smallest absolute Gasteiger partial charge is 0.295 e. The maximum atomic E-state index is 12.9. The van der Waals surface area contributed by atoms with E-state index in [2.05, 4.69) is 0 Å². The molecule has 0 spiro atoms. The lowest BCUT2D eigenvalue weighted by Crippen LogP contribution is -2.32. The zero-order valence-electron chi connectivity index (χ0n) is 17.3. The summed E-state index contributed by atoms with van der Waals surface area (Å²) in [7, 11) is 5.41. The van der Waals surface area contributed by atoms with Gasteiger partial charge in [0.15, 0.2) is 0 Å². The second kappa shape index (κ2) is 9.00. The molecule has 3 rings (SSSR count). The molecule has 2 aromatic rings. The van der Waals surface area contributed by atoms with Gasteiger partial charge < -0.3 is 24.7 Å². The molecule has 0 aliphatic carbocycles. The summed E-state index contributed by atoms with van der Waals surface area (Å²) in [6.07, 6.45) is 0.665. The first-order chi connectivity index (χ1) is 14.3. The lowest BCUT2D eigenvalue weighted by atomic mass is 9.95. The second-order valence-electron chi connectivity index (χ2n) is 7.47. The largest absolute Gasteiger partial charge is 0.508 e. The van der Waals surface area contributed by atoms with Crippen LogP contribution < -0.4 is 4.74 Å². The number of Topliss-reactive ketones (excluding diaryl/α,β-unsaturated/α-hetero) is 1. The van der Waals surface area contributed by atoms with Crippen LogP contribution in [0.3, 0.4) is 0 Å². The van der Waals surface area contributed by atoms with Crippen LogP contribution >= 0.6 is 0 Å². The molecule has 1 fully saturated rings. The predicted octanol–water partition coefficient (Wildman–Crippen LogP) is 2.77. The summed E-state index contributed by atoms with van der Waals surface area (Å²) in [4.78, 5) is 29.2. The molecule has 0 aromatic heterocycles. The number of carbonyl (C=O) groups excluding carboxylic acids is 2. The number of hydrogen-bond acceptors (Lipinski definition) is 6. The van der Waals surface area contributed by atoms with Crippen LogP contribution in [0.2, 0.25) is 0 Å². The minimum Gasteiger partial charge on any atom is -0.508 e. The maximum absolute atomic E-state index is 12.9. The van der Waals surface area contributed by atoms with Crippen LogP contribution in [0.4, 0.5) is 0 Å². The number of ketones is 1. The van der Waals surface area contributed by atoms with Crippen molar-refractivity contribution in [3.63, 3.8) is 0 Å². The number of aliphatic hydroxyl groups is 1. The zero-order valence-corrected chi connectivity index (χ0v) is 17.3. The van der Waals surface area contributed by atoms with E-state index in [1.807, 2.05) is 19.0 Å². The van der Waals surface area contributed by atoms with Crippen molar-refractivity contribution in [3.8, 4) is 11.5 Å². The van der Waals surface area contributed by atoms with Gasteiger partial charge in [-0.25, -0.2) is 0 Å². The Hall–Kier alpha value is -3.32. The minimum absolute atomic E-state index is 0.0145. The number of rotatable bonds is 7. The van der Waals surface area contributed by atoms with E-state index in [1.54, 1.807) is 36.4 Å². The average molecular weight is 410 g/mol. The molecule has 1 heterocycles. The van der Waals surface area contributed by atoms with Crippen LogP contribution in [-0.2, 0) is 9.59 Å². The first-order valence-electron chi connectivity index (χ1n) is 9.70. The van der Waals surface area contributed by atoms with Gasteiger partial charge in [-0.1, -0.05) is 12.1 Å². The van der Waals surface area contributed by atoms with Crippen molar-refractivity contribution in [2.75, 3.05) is 34.3 Å². The fourth-order valence-electron chi connectivity index (χ4n) is 3.61. The van der Waals surface area contributed by atoms with Crippen LogP contribution in [0.1, 0.15) is 23.6 Å². The first kappa shape index (κ1) is 21.4. The lowest BCUT2D eigenvalue weighted by Gasteiger charge is -2.26. The van der Waals surface area contributed by atoms with Crippen LogP contribution in [0, 0.1) is 0 Å². The van der Waals surface area contributed by atoms with Gasteiger partial charge in [0.2, 0.25) is 0 Å². The molecule has 1 aliphatic heterocycles. The number of carbonyl (C=O) groups is 2. The summed E-state index contributed by atoms with van der Waals surface area (Å²) in [5, 5.41) is 20.9. The van der Waals surface area contributed by atoms with E-state index < -0.39 is 17.7 Å². The van der Waals surface area contributed by atoms with Crippen LogP contribution in [-0.4, -0.2) is 66.0 Å². The van der Waals surface area contributed by atoms with E-state index in [4.69, 9.17) is 4.74 Å². The summed E-state index contributed by atoms with van der Waals surface area (Å²) < 4.78 is 5.14. The van der Waals surface area contributed by atoms with Gasteiger partial charge in [-0.05, 0) is 69.0 Å². The summed E-state index contributed by atoms with van der Waals surface area (Å²) in [5.41, 5.74) is 0.988. The third-order valence-electron chi connectivity index (χ3n) is 5.09. The molecule has 2 N–H and O–H groups in total. The Balaban J connectivity index is 2.08. The number of aromatic hydroxyl groups is 1. The topological polar surface area (TPSA) is 90.3 Å². The van der Waals surface area contributed by atoms with Gasteiger partial charge in [0.05, 0.1) is 18.7 Å². The Kier molecular flexibility index (Phi) is 6.42. The van der Waals surface area contributed by atoms with Gasteiger partial charge in [-0.15, -0.1) is 0 Å². The molecule has 1 amide bonds. The Labute approximate surface area is 175 Å². The molecule has 2 aromatic carbocycles. The highest BCUT2D eigenvalue weighted by Gasteiger charge is 2.45. The molecule has 7 heteroatoms. The highest BCUT2D eigenvalue weighted by molar-refractivity contribution is 6.46. The van der Waals surface area contributed by atoms with Crippen molar-refractivity contribution in [1.82, 2.24) is 9.80 Å². The number of nitrogens with zero attached hydrogens (tertiary/aromatic N) is 2. The normalized spacial score (nSPS) is 18.3. The fourth-order valence-corrected chi connectivity index (χ4v) is 3.61. The van der Waals surface area contributed by atoms with E-state index >= 15 is 0 Å². The Bertz CT molecular complexity index is 966. The number of aliphatic hydroxyl groups excluding tert-OH is 1. The Morgan fingerprint density at radius 3 is 2.43 bits per heavy atom. The molecule has 30 heavy (non-hydrogen) atoms. The number of ether oxygens (including phenoxy) is 1. The van der Waals surface area contributed by atoms with E-state index in [1.165, 1.54) is 24.1 Å². The monoisotopic (exact) mass is 410 g/mol. The van der Waals surface area contributed by atoms with Gasteiger partial charge in [0, 0.05) is 12.1 Å². The van der Waals surface area contributed by atoms with Crippen molar-refractivity contribution in [2.45, 2.75) is 12.5 Å². The highest BCUT2D eigenvalue weighted by Crippen LogP contribution is 2.40. The van der Waals surface area contributed by atoms with Crippen molar-refractivity contribution in [1.29, 1.82) is 0 Å². The minimum atomic E-state index is -0.777. The second-order valence-corrected chi connectivity index (χ2v) is 7.47. The van der Waals surface area contributed by atoms with Crippen LogP contribution in [0.15, 0.2) is 54.1 Å². The standard InChI is InChI=1S/C23H26N2O5/c1-24(2)12-5-13-25-20(16-6-4-7-17(26)14-16)19(22(28)23(25)29)21(27)15-8-10-18(30-3)11-9-15/h4,6-11,14,20,26-27H,5,12-13H2,1-3H3/t20-/m0/s1. The van der Waals surface area contributed by atoms with E-state index in [9.17, 15) is 19.8 Å². The van der Waals surface area contributed by atoms with Gasteiger partial charge in [0.1, 0.15) is 17.3 Å². The van der Waals surface area contributed by atoms with Crippen LogP contribution in [0.5, 0.6) is 11.5 Å². The summed E-state index contributed by atoms with van der Waals surface area (Å²) in [5.74, 6) is -1.01. The Morgan fingerprint density at radius 2 is 1.83 bits per heavy atom. The molecule has 0 unspecified atom stereocenters. The average Bonchev–Trinajstić information content (AvgIpc) is 2.98. The number of likely N-dealkylation sites (tertiary alicyclic amines) is 1.